The number of rotatable bonds is 8. The second-order valence-electron chi connectivity index (χ2n) is 6.52. The Kier molecular flexibility index (Phi) is 9.86. The Balaban J connectivity index is 0.00000363. The van der Waals surface area contributed by atoms with Crippen molar-refractivity contribution in [2.75, 3.05) is 31.4 Å². The molecule has 3 N–H and O–H groups in total. The minimum atomic E-state index is -0.288. The number of aliphatic imine (C=N–C) groups is 1. The maximum absolute atomic E-state index is 12.0. The molecule has 3 aromatic rings. The zero-order valence-electron chi connectivity index (χ0n) is 18.2. The Morgan fingerprint density at radius 3 is 2.31 bits per heavy atom. The molecule has 0 aliphatic rings. The van der Waals surface area contributed by atoms with E-state index in [0.29, 0.717) is 29.7 Å². The average Bonchev–Trinajstić information content (AvgIpc) is 3.34. The largest absolute Gasteiger partial charge is 0.493 e. The molecule has 8 nitrogen and oxygen atoms in total. The summed E-state index contributed by atoms with van der Waals surface area (Å²) < 4.78 is 15.7. The van der Waals surface area contributed by atoms with E-state index in [1.807, 2.05) is 49.4 Å². The van der Waals surface area contributed by atoms with Gasteiger partial charge in [-0.3, -0.25) is 4.79 Å². The molecule has 9 heteroatoms. The number of nitrogens with zero attached hydrogens (tertiary/aromatic N) is 1. The van der Waals surface area contributed by atoms with E-state index in [0.717, 1.165) is 17.8 Å². The Labute approximate surface area is 204 Å². The molecule has 0 saturated carbocycles. The van der Waals surface area contributed by atoms with Crippen molar-refractivity contribution < 1.29 is 18.7 Å². The SMILES string of the molecule is CCNC(=NCc1ccc(NC(=O)c2ccco2)cc1)Nc1ccc(OC)c(OC)c1.I. The van der Waals surface area contributed by atoms with E-state index in [4.69, 9.17) is 13.9 Å². The number of halogens is 1. The normalized spacial score (nSPS) is 10.7. The van der Waals surface area contributed by atoms with Gasteiger partial charge >= 0.3 is 0 Å². The molecule has 0 atom stereocenters. The van der Waals surface area contributed by atoms with Gasteiger partial charge in [-0.15, -0.1) is 24.0 Å². The molecule has 0 aliphatic heterocycles. The average molecular weight is 550 g/mol. The highest BCUT2D eigenvalue weighted by Crippen LogP contribution is 2.29. The lowest BCUT2D eigenvalue weighted by Gasteiger charge is -2.14. The first-order valence-electron chi connectivity index (χ1n) is 9.84. The lowest BCUT2D eigenvalue weighted by Crippen LogP contribution is -2.30. The number of carbonyl (C=O) groups excluding carboxylic acids is 1. The summed E-state index contributed by atoms with van der Waals surface area (Å²) in [5.74, 6) is 1.92. The number of carbonyl (C=O) groups is 1. The van der Waals surface area contributed by atoms with Crippen LogP contribution in [0.15, 0.2) is 70.3 Å². The second kappa shape index (κ2) is 12.6. The summed E-state index contributed by atoms with van der Waals surface area (Å²) in [4.78, 5) is 16.7. The first-order chi connectivity index (χ1) is 15.1. The summed E-state index contributed by atoms with van der Waals surface area (Å²) in [5, 5.41) is 9.28. The van der Waals surface area contributed by atoms with Crippen molar-refractivity contribution in [1.82, 2.24) is 5.32 Å². The zero-order valence-corrected chi connectivity index (χ0v) is 20.5. The molecule has 2 aromatic carbocycles. The van der Waals surface area contributed by atoms with E-state index in [9.17, 15) is 4.79 Å². The number of hydrogen-bond acceptors (Lipinski definition) is 5. The number of hydrogen-bond donors (Lipinski definition) is 3. The van der Waals surface area contributed by atoms with Gasteiger partial charge < -0.3 is 29.8 Å². The van der Waals surface area contributed by atoms with Gasteiger partial charge in [-0.05, 0) is 48.9 Å². The van der Waals surface area contributed by atoms with Crippen molar-refractivity contribution >= 4 is 47.2 Å². The number of benzene rings is 2. The van der Waals surface area contributed by atoms with Crippen LogP contribution in [-0.4, -0.2) is 32.6 Å². The van der Waals surface area contributed by atoms with Gasteiger partial charge in [-0.1, -0.05) is 12.1 Å². The quantitative estimate of drug-likeness (QED) is 0.213. The predicted octanol–water partition coefficient (Wildman–Crippen LogP) is 4.74. The molecule has 1 heterocycles. The third-order valence-corrected chi connectivity index (χ3v) is 4.37. The molecule has 0 unspecified atom stereocenters. The van der Waals surface area contributed by atoms with Gasteiger partial charge in [0.05, 0.1) is 27.0 Å². The van der Waals surface area contributed by atoms with Gasteiger partial charge in [0, 0.05) is 24.0 Å². The fourth-order valence-corrected chi connectivity index (χ4v) is 2.82. The summed E-state index contributed by atoms with van der Waals surface area (Å²) >= 11 is 0. The van der Waals surface area contributed by atoms with Crippen LogP contribution in [0.1, 0.15) is 23.0 Å². The van der Waals surface area contributed by atoms with Crippen LogP contribution in [0.25, 0.3) is 0 Å². The summed E-state index contributed by atoms with van der Waals surface area (Å²) in [6.07, 6.45) is 1.47. The topological polar surface area (TPSA) is 97.1 Å². The fraction of sp³-hybridized carbons (Fsp3) is 0.217. The van der Waals surface area contributed by atoms with Crippen LogP contribution < -0.4 is 25.4 Å². The molecular formula is C23H27IN4O4. The van der Waals surface area contributed by atoms with E-state index in [1.165, 1.54) is 6.26 Å². The smallest absolute Gasteiger partial charge is 0.291 e. The lowest BCUT2D eigenvalue weighted by atomic mass is 10.2. The van der Waals surface area contributed by atoms with Crippen molar-refractivity contribution in [3.8, 4) is 11.5 Å². The van der Waals surface area contributed by atoms with Gasteiger partial charge in [0.1, 0.15) is 0 Å². The maximum Gasteiger partial charge on any atom is 0.291 e. The van der Waals surface area contributed by atoms with Crippen LogP contribution in [-0.2, 0) is 6.54 Å². The highest BCUT2D eigenvalue weighted by Gasteiger charge is 2.09. The molecule has 0 saturated heterocycles. The maximum atomic E-state index is 12.0. The van der Waals surface area contributed by atoms with Crippen LogP contribution in [0.2, 0.25) is 0 Å². The van der Waals surface area contributed by atoms with Gasteiger partial charge in [0.2, 0.25) is 0 Å². The molecule has 32 heavy (non-hydrogen) atoms. The van der Waals surface area contributed by atoms with Crippen molar-refractivity contribution in [3.63, 3.8) is 0 Å². The van der Waals surface area contributed by atoms with Gasteiger partial charge in [-0.2, -0.15) is 0 Å². The number of furan rings is 1. The molecule has 0 spiro atoms. The highest BCUT2D eigenvalue weighted by atomic mass is 127. The molecule has 0 fully saturated rings. The molecule has 1 aromatic heterocycles. The van der Waals surface area contributed by atoms with E-state index in [-0.39, 0.29) is 35.6 Å². The van der Waals surface area contributed by atoms with Gasteiger partial charge in [-0.25, -0.2) is 4.99 Å². The van der Waals surface area contributed by atoms with E-state index in [1.54, 1.807) is 26.4 Å². The molecule has 0 aliphatic carbocycles. The summed E-state index contributed by atoms with van der Waals surface area (Å²) in [6, 6.07) is 16.4. The third kappa shape index (κ3) is 6.91. The monoisotopic (exact) mass is 550 g/mol. The fourth-order valence-electron chi connectivity index (χ4n) is 2.82. The Morgan fingerprint density at radius 1 is 0.969 bits per heavy atom. The van der Waals surface area contributed by atoms with E-state index >= 15 is 0 Å². The Hall–Kier alpha value is -3.21. The molecule has 170 valence electrons. The minimum absolute atomic E-state index is 0. The molecule has 3 rings (SSSR count). The van der Waals surface area contributed by atoms with Crippen LogP contribution in [0.4, 0.5) is 11.4 Å². The number of amides is 1. The Morgan fingerprint density at radius 2 is 1.69 bits per heavy atom. The van der Waals surface area contributed by atoms with E-state index in [2.05, 4.69) is 20.9 Å². The van der Waals surface area contributed by atoms with Crippen molar-refractivity contribution in [1.29, 1.82) is 0 Å². The minimum Gasteiger partial charge on any atom is -0.493 e. The summed E-state index contributed by atoms with van der Waals surface area (Å²) in [6.45, 7) is 3.19. The van der Waals surface area contributed by atoms with Crippen molar-refractivity contribution in [3.05, 3.63) is 72.2 Å². The number of ether oxygens (including phenoxy) is 2. The number of methoxy groups -OCH3 is 2. The molecule has 0 radical (unpaired) electrons. The van der Waals surface area contributed by atoms with Gasteiger partial charge in [0.15, 0.2) is 23.2 Å². The van der Waals surface area contributed by atoms with Gasteiger partial charge in [0.25, 0.3) is 5.91 Å². The summed E-state index contributed by atoms with van der Waals surface area (Å²) in [5.41, 5.74) is 2.51. The predicted molar refractivity (Wildman–Crippen MR) is 137 cm³/mol. The van der Waals surface area contributed by atoms with Crippen LogP contribution in [0.5, 0.6) is 11.5 Å². The standard InChI is InChI=1S/C23H26N4O4.HI/c1-4-24-23(27-18-11-12-19(29-2)21(14-18)30-3)25-15-16-7-9-17(10-8-16)26-22(28)20-6-5-13-31-20;/h5-14H,4,15H2,1-3H3,(H,26,28)(H2,24,25,27);1H. The first kappa shape index (κ1) is 25.1. The first-order valence-corrected chi connectivity index (χ1v) is 9.84. The number of nitrogens with one attached hydrogen (secondary N) is 3. The number of anilines is 2. The van der Waals surface area contributed by atoms with Crippen molar-refractivity contribution in [2.45, 2.75) is 13.5 Å². The highest BCUT2D eigenvalue weighted by molar-refractivity contribution is 14.0. The molecule has 0 bridgehead atoms. The van der Waals surface area contributed by atoms with Crippen molar-refractivity contribution in [2.24, 2.45) is 4.99 Å². The summed E-state index contributed by atoms with van der Waals surface area (Å²) in [7, 11) is 3.20. The van der Waals surface area contributed by atoms with E-state index < -0.39 is 0 Å². The molecule has 1 amide bonds. The molecular weight excluding hydrogens is 523 g/mol. The van der Waals surface area contributed by atoms with Crippen LogP contribution in [0, 0.1) is 0 Å². The third-order valence-electron chi connectivity index (χ3n) is 4.37. The second-order valence-corrected chi connectivity index (χ2v) is 6.52. The number of guanidine groups is 1. The zero-order chi connectivity index (χ0) is 22.1. The van der Waals surface area contributed by atoms with Crippen LogP contribution in [0.3, 0.4) is 0 Å². The lowest BCUT2D eigenvalue weighted by molar-refractivity contribution is 0.0996. The van der Waals surface area contributed by atoms with Crippen LogP contribution >= 0.6 is 24.0 Å². The Bertz CT molecular complexity index is 1020.